The van der Waals surface area contributed by atoms with Gasteiger partial charge in [0, 0.05) is 0 Å². The van der Waals surface area contributed by atoms with E-state index in [9.17, 15) is 26.3 Å². The van der Waals surface area contributed by atoms with Crippen molar-refractivity contribution < 1.29 is 26.3 Å². The van der Waals surface area contributed by atoms with E-state index in [0.717, 1.165) is 12.1 Å². The zero-order valence-corrected chi connectivity index (χ0v) is 11.8. The van der Waals surface area contributed by atoms with E-state index in [1.54, 1.807) is 13.8 Å². The van der Waals surface area contributed by atoms with Crippen LogP contribution in [0.2, 0.25) is 0 Å². The highest BCUT2D eigenvalue weighted by atomic mass is 19.4. The van der Waals surface area contributed by atoms with Gasteiger partial charge >= 0.3 is 12.4 Å². The summed E-state index contributed by atoms with van der Waals surface area (Å²) in [5, 5.41) is 0. The quantitative estimate of drug-likeness (QED) is 0.592. The fourth-order valence-corrected chi connectivity index (χ4v) is 1.61. The molecule has 0 radical (unpaired) electrons. The molecule has 0 nitrogen and oxygen atoms in total. The Morgan fingerprint density at radius 1 is 0.800 bits per heavy atom. The topological polar surface area (TPSA) is 0 Å². The van der Waals surface area contributed by atoms with E-state index in [-0.39, 0.29) is 24.0 Å². The molecule has 1 aromatic carbocycles. The van der Waals surface area contributed by atoms with Gasteiger partial charge in [-0.3, -0.25) is 0 Å². The highest BCUT2D eigenvalue weighted by Gasteiger charge is 2.36. The third-order valence-electron chi connectivity index (χ3n) is 2.29. The first kappa shape index (κ1) is 18.8. The van der Waals surface area contributed by atoms with Gasteiger partial charge in [0.25, 0.3) is 0 Å². The molecule has 0 saturated carbocycles. The van der Waals surface area contributed by atoms with Crippen LogP contribution in [0.5, 0.6) is 0 Å². The van der Waals surface area contributed by atoms with Crippen molar-refractivity contribution in [1.29, 1.82) is 0 Å². The van der Waals surface area contributed by atoms with Crippen LogP contribution < -0.4 is 0 Å². The zero-order valence-electron chi connectivity index (χ0n) is 11.8. The molecule has 1 rings (SSSR count). The van der Waals surface area contributed by atoms with Crippen molar-refractivity contribution in [3.8, 4) is 0 Å². The molecule has 0 aliphatic rings. The minimum atomic E-state index is -4.77. The highest BCUT2D eigenvalue weighted by Crippen LogP contribution is 2.36. The Morgan fingerprint density at radius 3 is 1.40 bits per heavy atom. The van der Waals surface area contributed by atoms with E-state index in [4.69, 9.17) is 0 Å². The molecule has 0 aliphatic carbocycles. The molecule has 116 valence electrons. The van der Waals surface area contributed by atoms with Gasteiger partial charge in [-0.25, -0.2) is 0 Å². The summed E-state index contributed by atoms with van der Waals surface area (Å²) in [6, 6.07) is 1.69. The molecular formula is C14H18F6. The Labute approximate surface area is 114 Å². The van der Waals surface area contributed by atoms with E-state index < -0.39 is 23.5 Å². The summed E-state index contributed by atoms with van der Waals surface area (Å²) in [7, 11) is 0. The number of halogens is 6. The molecular weight excluding hydrogens is 282 g/mol. The highest BCUT2D eigenvalue weighted by molar-refractivity contribution is 5.33. The predicted molar refractivity (Wildman–Crippen MR) is 66.3 cm³/mol. The third kappa shape index (κ3) is 5.84. The first-order valence-electron chi connectivity index (χ1n) is 6.28. The Hall–Kier alpha value is -1.20. The van der Waals surface area contributed by atoms with Gasteiger partial charge in [0.1, 0.15) is 0 Å². The van der Waals surface area contributed by atoms with Gasteiger partial charge in [0.15, 0.2) is 0 Å². The van der Waals surface area contributed by atoms with Gasteiger partial charge in [0.2, 0.25) is 0 Å². The van der Waals surface area contributed by atoms with Gasteiger partial charge < -0.3 is 0 Å². The molecule has 0 spiro atoms. The lowest BCUT2D eigenvalue weighted by molar-refractivity contribution is -0.143. The number of hydrogen-bond donors (Lipinski definition) is 0. The van der Waals surface area contributed by atoms with Crippen molar-refractivity contribution in [3.63, 3.8) is 0 Å². The summed E-state index contributed by atoms with van der Waals surface area (Å²) in [5.74, 6) is -0.0189. The maximum atomic E-state index is 12.5. The minimum absolute atomic E-state index is 0.0189. The molecule has 0 aromatic heterocycles. The molecule has 0 fully saturated rings. The van der Waals surface area contributed by atoms with Crippen LogP contribution in [0.4, 0.5) is 26.3 Å². The molecule has 1 aromatic rings. The number of alkyl halides is 6. The third-order valence-corrected chi connectivity index (χ3v) is 2.29. The van der Waals surface area contributed by atoms with Crippen LogP contribution >= 0.6 is 0 Å². The SMILES string of the molecule is CC.CC(C)Cc1cc(C(F)(F)F)cc(C(F)(F)F)c1. The average Bonchev–Trinajstić information content (AvgIpc) is 2.28. The van der Waals surface area contributed by atoms with Crippen molar-refractivity contribution in [1.82, 2.24) is 0 Å². The van der Waals surface area contributed by atoms with E-state index in [2.05, 4.69) is 0 Å². The lowest BCUT2D eigenvalue weighted by Gasteiger charge is -2.15. The van der Waals surface area contributed by atoms with E-state index in [0.29, 0.717) is 0 Å². The monoisotopic (exact) mass is 300 g/mol. The van der Waals surface area contributed by atoms with Gasteiger partial charge in [-0.1, -0.05) is 27.7 Å². The van der Waals surface area contributed by atoms with Crippen LogP contribution in [0.1, 0.15) is 44.4 Å². The van der Waals surface area contributed by atoms with Crippen LogP contribution in [0.3, 0.4) is 0 Å². The van der Waals surface area contributed by atoms with Gasteiger partial charge in [0.05, 0.1) is 11.1 Å². The fourth-order valence-electron chi connectivity index (χ4n) is 1.61. The number of benzene rings is 1. The Kier molecular flexibility index (Phi) is 6.58. The molecule has 0 bridgehead atoms. The van der Waals surface area contributed by atoms with Crippen LogP contribution in [0.15, 0.2) is 18.2 Å². The summed E-state index contributed by atoms with van der Waals surface area (Å²) in [6.45, 7) is 7.46. The second kappa shape index (κ2) is 6.99. The Morgan fingerprint density at radius 2 is 1.15 bits per heavy atom. The second-order valence-corrected chi connectivity index (χ2v) is 4.51. The van der Waals surface area contributed by atoms with Gasteiger partial charge in [-0.15, -0.1) is 0 Å². The van der Waals surface area contributed by atoms with E-state index in [1.807, 2.05) is 13.8 Å². The molecule has 0 saturated heterocycles. The molecule has 0 atom stereocenters. The van der Waals surface area contributed by atoms with Gasteiger partial charge in [-0.2, -0.15) is 26.3 Å². The summed E-state index contributed by atoms with van der Waals surface area (Å²) in [4.78, 5) is 0. The summed E-state index contributed by atoms with van der Waals surface area (Å²) >= 11 is 0. The normalized spacial score (nSPS) is 12.2. The van der Waals surface area contributed by atoms with Crippen molar-refractivity contribution in [2.24, 2.45) is 5.92 Å². The van der Waals surface area contributed by atoms with E-state index >= 15 is 0 Å². The minimum Gasteiger partial charge on any atom is -0.166 e. The van der Waals surface area contributed by atoms with Crippen LogP contribution in [-0.2, 0) is 18.8 Å². The summed E-state index contributed by atoms with van der Waals surface area (Å²) in [6.07, 6.45) is -9.37. The van der Waals surface area contributed by atoms with Crippen LogP contribution in [-0.4, -0.2) is 0 Å². The average molecular weight is 300 g/mol. The first-order chi connectivity index (χ1) is 9.00. The van der Waals surface area contributed by atoms with Crippen molar-refractivity contribution in [2.75, 3.05) is 0 Å². The molecule has 20 heavy (non-hydrogen) atoms. The molecule has 0 heterocycles. The van der Waals surface area contributed by atoms with Crippen LogP contribution in [0, 0.1) is 5.92 Å². The van der Waals surface area contributed by atoms with Crippen molar-refractivity contribution in [2.45, 2.75) is 46.5 Å². The molecule has 0 amide bonds. The summed E-state index contributed by atoms with van der Waals surface area (Å²) < 4.78 is 75.0. The summed E-state index contributed by atoms with van der Waals surface area (Å²) in [5.41, 5.74) is -2.46. The number of hydrogen-bond acceptors (Lipinski definition) is 0. The van der Waals surface area contributed by atoms with Crippen molar-refractivity contribution >= 4 is 0 Å². The maximum Gasteiger partial charge on any atom is 0.416 e. The first-order valence-corrected chi connectivity index (χ1v) is 6.28. The fraction of sp³-hybridized carbons (Fsp3) is 0.571. The maximum absolute atomic E-state index is 12.5. The standard InChI is InChI=1S/C12H12F6.C2H6/c1-7(2)3-8-4-9(11(13,14)15)6-10(5-8)12(16,17)18;1-2/h4-7H,3H2,1-2H3;1-2H3. The number of rotatable bonds is 2. The largest absolute Gasteiger partial charge is 0.416 e. The molecule has 0 N–H and O–H groups in total. The molecule has 0 unspecified atom stereocenters. The molecule has 0 aliphatic heterocycles. The molecule has 6 heteroatoms. The predicted octanol–water partition coefficient (Wildman–Crippen LogP) is 5.95. The Balaban J connectivity index is 0.00000172. The van der Waals surface area contributed by atoms with Crippen molar-refractivity contribution in [3.05, 3.63) is 34.9 Å². The Bertz CT molecular complexity index is 382. The second-order valence-electron chi connectivity index (χ2n) is 4.51. The smallest absolute Gasteiger partial charge is 0.166 e. The lowest BCUT2D eigenvalue weighted by Crippen LogP contribution is -2.12. The zero-order chi connectivity index (χ0) is 16.1. The van der Waals surface area contributed by atoms with E-state index in [1.165, 1.54) is 0 Å². The van der Waals surface area contributed by atoms with Crippen LogP contribution in [0.25, 0.3) is 0 Å². The van der Waals surface area contributed by atoms with Gasteiger partial charge in [-0.05, 0) is 36.1 Å². The lowest BCUT2D eigenvalue weighted by atomic mass is 9.98.